The van der Waals surface area contributed by atoms with Gasteiger partial charge in [0.25, 0.3) is 0 Å². The Labute approximate surface area is 98.7 Å². The van der Waals surface area contributed by atoms with Gasteiger partial charge >= 0.3 is 5.97 Å². The van der Waals surface area contributed by atoms with Crippen molar-refractivity contribution >= 4 is 5.97 Å². The summed E-state index contributed by atoms with van der Waals surface area (Å²) in [4.78, 5) is 10.8. The summed E-state index contributed by atoms with van der Waals surface area (Å²) in [5, 5.41) is 16.8. The van der Waals surface area contributed by atoms with Gasteiger partial charge < -0.3 is 5.11 Å². The second kappa shape index (κ2) is 4.37. The van der Waals surface area contributed by atoms with Crippen molar-refractivity contribution in [2.75, 3.05) is 0 Å². The van der Waals surface area contributed by atoms with E-state index < -0.39 is 5.97 Å². The predicted molar refractivity (Wildman–Crippen MR) is 62.2 cm³/mol. The monoisotopic (exact) mass is 231 g/mol. The summed E-state index contributed by atoms with van der Waals surface area (Å²) in [6, 6.07) is 7.68. The van der Waals surface area contributed by atoms with E-state index in [1.165, 1.54) is 0 Å². The van der Waals surface area contributed by atoms with E-state index in [9.17, 15) is 4.79 Å². The summed E-state index contributed by atoms with van der Waals surface area (Å²) in [5.41, 5.74) is 3.16. The standard InChI is InChI=1S/C12H13N3O2/c1-8-5-3-4-6-10(8)15-11(7-12(16)17)9(2)13-14-15/h3-6H,7H2,1-2H3,(H,16,17). The first-order valence-corrected chi connectivity index (χ1v) is 5.28. The Hall–Kier alpha value is -2.17. The summed E-state index contributed by atoms with van der Waals surface area (Å²) in [7, 11) is 0. The van der Waals surface area contributed by atoms with Crippen LogP contribution in [0.15, 0.2) is 24.3 Å². The molecule has 88 valence electrons. The molecule has 0 aliphatic rings. The molecule has 1 aromatic carbocycles. The zero-order valence-electron chi connectivity index (χ0n) is 9.71. The van der Waals surface area contributed by atoms with Gasteiger partial charge in [-0.1, -0.05) is 23.4 Å². The molecule has 5 heteroatoms. The van der Waals surface area contributed by atoms with Gasteiger partial charge in [-0.3, -0.25) is 4.79 Å². The molecule has 0 radical (unpaired) electrons. The van der Waals surface area contributed by atoms with Gasteiger partial charge in [0.05, 0.1) is 23.5 Å². The van der Waals surface area contributed by atoms with Crippen LogP contribution in [-0.4, -0.2) is 26.1 Å². The van der Waals surface area contributed by atoms with Crippen molar-refractivity contribution < 1.29 is 9.90 Å². The molecule has 2 aromatic rings. The number of hydrogen-bond acceptors (Lipinski definition) is 3. The maximum absolute atomic E-state index is 10.8. The van der Waals surface area contributed by atoms with Crippen molar-refractivity contribution in [1.29, 1.82) is 0 Å². The summed E-state index contributed by atoms with van der Waals surface area (Å²) in [6.45, 7) is 3.72. The number of carboxylic acids is 1. The zero-order valence-corrected chi connectivity index (χ0v) is 9.71. The highest BCUT2D eigenvalue weighted by atomic mass is 16.4. The first kappa shape index (κ1) is 11.3. The number of carbonyl (C=O) groups is 1. The van der Waals surface area contributed by atoms with Gasteiger partial charge in [0.15, 0.2) is 0 Å². The number of aryl methyl sites for hydroxylation is 2. The third kappa shape index (κ3) is 2.18. The average Bonchev–Trinajstić information content (AvgIpc) is 2.61. The van der Waals surface area contributed by atoms with E-state index in [1.807, 2.05) is 31.2 Å². The molecule has 0 unspecified atom stereocenters. The van der Waals surface area contributed by atoms with Crippen LogP contribution >= 0.6 is 0 Å². The lowest BCUT2D eigenvalue weighted by molar-refractivity contribution is -0.136. The molecule has 0 aliphatic heterocycles. The molecule has 0 aliphatic carbocycles. The van der Waals surface area contributed by atoms with E-state index >= 15 is 0 Å². The van der Waals surface area contributed by atoms with Crippen molar-refractivity contribution in [3.63, 3.8) is 0 Å². The number of aromatic nitrogens is 3. The van der Waals surface area contributed by atoms with Crippen LogP contribution in [0.25, 0.3) is 5.69 Å². The molecule has 0 fully saturated rings. The Morgan fingerprint density at radius 2 is 2.06 bits per heavy atom. The topological polar surface area (TPSA) is 68.0 Å². The maximum atomic E-state index is 10.8. The van der Waals surface area contributed by atoms with Crippen molar-refractivity contribution in [2.24, 2.45) is 0 Å². The van der Waals surface area contributed by atoms with Crippen LogP contribution in [0.2, 0.25) is 0 Å². The number of carboxylic acid groups (broad SMARTS) is 1. The minimum atomic E-state index is -0.884. The average molecular weight is 231 g/mol. The van der Waals surface area contributed by atoms with Crippen LogP contribution in [-0.2, 0) is 11.2 Å². The number of benzene rings is 1. The van der Waals surface area contributed by atoms with Crippen LogP contribution in [0.5, 0.6) is 0 Å². The molecular formula is C12H13N3O2. The molecule has 0 spiro atoms. The molecule has 1 aromatic heterocycles. The minimum absolute atomic E-state index is 0.0762. The van der Waals surface area contributed by atoms with Gasteiger partial charge in [-0.2, -0.15) is 0 Å². The smallest absolute Gasteiger partial charge is 0.309 e. The molecule has 17 heavy (non-hydrogen) atoms. The van der Waals surface area contributed by atoms with Crippen molar-refractivity contribution in [3.8, 4) is 5.69 Å². The lowest BCUT2D eigenvalue weighted by atomic mass is 10.2. The van der Waals surface area contributed by atoms with Crippen molar-refractivity contribution in [1.82, 2.24) is 15.0 Å². The molecule has 5 nitrogen and oxygen atoms in total. The summed E-state index contributed by atoms with van der Waals surface area (Å²) in [6.07, 6.45) is -0.0762. The zero-order chi connectivity index (χ0) is 12.4. The summed E-state index contributed by atoms with van der Waals surface area (Å²) >= 11 is 0. The summed E-state index contributed by atoms with van der Waals surface area (Å²) < 4.78 is 1.60. The Morgan fingerprint density at radius 3 is 2.71 bits per heavy atom. The Balaban J connectivity index is 2.53. The molecule has 0 atom stereocenters. The van der Waals surface area contributed by atoms with Gasteiger partial charge in [0.2, 0.25) is 0 Å². The van der Waals surface area contributed by atoms with Gasteiger partial charge in [0, 0.05) is 0 Å². The van der Waals surface area contributed by atoms with Crippen LogP contribution in [0, 0.1) is 13.8 Å². The molecule has 0 bridgehead atoms. The second-order valence-corrected chi connectivity index (χ2v) is 3.89. The summed E-state index contributed by atoms with van der Waals surface area (Å²) in [5.74, 6) is -0.884. The maximum Gasteiger partial charge on any atom is 0.309 e. The van der Waals surface area contributed by atoms with Gasteiger partial charge in [-0.05, 0) is 25.5 Å². The normalized spacial score (nSPS) is 10.5. The highest BCUT2D eigenvalue weighted by molar-refractivity contribution is 5.70. The molecule has 1 N–H and O–H groups in total. The van der Waals surface area contributed by atoms with Gasteiger partial charge in [-0.25, -0.2) is 4.68 Å². The van der Waals surface area contributed by atoms with Crippen LogP contribution in [0.1, 0.15) is 17.0 Å². The lowest BCUT2D eigenvalue weighted by Crippen LogP contribution is -2.09. The third-order valence-electron chi connectivity index (χ3n) is 2.62. The number of para-hydroxylation sites is 1. The third-order valence-corrected chi connectivity index (χ3v) is 2.62. The molecule has 1 heterocycles. The SMILES string of the molecule is Cc1ccccc1-n1nnc(C)c1CC(=O)O. The predicted octanol–water partition coefficient (Wildman–Crippen LogP) is 1.51. The van der Waals surface area contributed by atoms with Crippen LogP contribution in [0.4, 0.5) is 0 Å². The fraction of sp³-hybridized carbons (Fsp3) is 0.250. The lowest BCUT2D eigenvalue weighted by Gasteiger charge is -2.07. The number of nitrogens with zero attached hydrogens (tertiary/aromatic N) is 3. The number of aliphatic carboxylic acids is 1. The van der Waals surface area contributed by atoms with Crippen molar-refractivity contribution in [2.45, 2.75) is 20.3 Å². The van der Waals surface area contributed by atoms with E-state index in [1.54, 1.807) is 11.6 Å². The second-order valence-electron chi connectivity index (χ2n) is 3.89. The molecular weight excluding hydrogens is 218 g/mol. The highest BCUT2D eigenvalue weighted by Crippen LogP contribution is 2.16. The number of hydrogen-bond donors (Lipinski definition) is 1. The molecule has 0 amide bonds. The van der Waals surface area contributed by atoms with Crippen molar-refractivity contribution in [3.05, 3.63) is 41.2 Å². The van der Waals surface area contributed by atoms with E-state index in [2.05, 4.69) is 10.3 Å². The Bertz CT molecular complexity index is 561. The van der Waals surface area contributed by atoms with Gasteiger partial charge in [0.1, 0.15) is 0 Å². The quantitative estimate of drug-likeness (QED) is 0.869. The fourth-order valence-corrected chi connectivity index (χ4v) is 1.72. The first-order chi connectivity index (χ1) is 8.09. The minimum Gasteiger partial charge on any atom is -0.481 e. The molecule has 0 saturated heterocycles. The first-order valence-electron chi connectivity index (χ1n) is 5.28. The molecule has 0 saturated carbocycles. The van der Waals surface area contributed by atoms with Crippen LogP contribution in [0.3, 0.4) is 0 Å². The van der Waals surface area contributed by atoms with E-state index in [-0.39, 0.29) is 6.42 Å². The van der Waals surface area contributed by atoms with E-state index in [0.29, 0.717) is 11.4 Å². The Morgan fingerprint density at radius 1 is 1.35 bits per heavy atom. The number of rotatable bonds is 3. The van der Waals surface area contributed by atoms with Gasteiger partial charge in [-0.15, -0.1) is 5.10 Å². The molecule has 2 rings (SSSR count). The highest BCUT2D eigenvalue weighted by Gasteiger charge is 2.15. The Kier molecular flexibility index (Phi) is 2.91. The van der Waals surface area contributed by atoms with E-state index in [0.717, 1.165) is 11.3 Å². The fourth-order valence-electron chi connectivity index (χ4n) is 1.72. The van der Waals surface area contributed by atoms with Crippen LogP contribution < -0.4 is 0 Å². The van der Waals surface area contributed by atoms with E-state index in [4.69, 9.17) is 5.11 Å². The largest absolute Gasteiger partial charge is 0.481 e.